The maximum atomic E-state index is 13.0. The predicted molar refractivity (Wildman–Crippen MR) is 85.9 cm³/mol. The van der Waals surface area contributed by atoms with Gasteiger partial charge in [0.25, 0.3) is 5.91 Å². The van der Waals surface area contributed by atoms with Crippen LogP contribution in [0.3, 0.4) is 0 Å². The van der Waals surface area contributed by atoms with Gasteiger partial charge in [0.15, 0.2) is 0 Å². The number of carbonyl (C=O) groups is 1. The maximum absolute atomic E-state index is 13.0. The summed E-state index contributed by atoms with van der Waals surface area (Å²) in [6.45, 7) is 4.14. The van der Waals surface area contributed by atoms with Crippen molar-refractivity contribution in [1.29, 1.82) is 0 Å². The van der Waals surface area contributed by atoms with Gasteiger partial charge < -0.3 is 9.80 Å². The molecule has 4 heteroatoms. The maximum Gasteiger partial charge on any atom is 0.254 e. The van der Waals surface area contributed by atoms with E-state index in [2.05, 4.69) is 16.8 Å². The van der Waals surface area contributed by atoms with Gasteiger partial charge in [-0.2, -0.15) is 0 Å². The molecule has 0 radical (unpaired) electrons. The molecule has 1 aromatic rings. The Morgan fingerprint density at radius 1 is 1.14 bits per heavy atom. The number of hydrogen-bond acceptors (Lipinski definition) is 2. The van der Waals surface area contributed by atoms with Gasteiger partial charge in [-0.1, -0.05) is 11.6 Å². The topological polar surface area (TPSA) is 23.6 Å². The van der Waals surface area contributed by atoms with Crippen molar-refractivity contribution >= 4 is 17.5 Å². The molecule has 0 unspecified atom stereocenters. The lowest BCUT2D eigenvalue weighted by Gasteiger charge is -2.37. The zero-order valence-corrected chi connectivity index (χ0v) is 13.6. The summed E-state index contributed by atoms with van der Waals surface area (Å²) in [6.07, 6.45) is 4.46. The van der Waals surface area contributed by atoms with Gasteiger partial charge in [-0.3, -0.25) is 4.79 Å². The van der Waals surface area contributed by atoms with Crippen molar-refractivity contribution < 1.29 is 4.79 Å². The first-order chi connectivity index (χ1) is 10.0. The summed E-state index contributed by atoms with van der Waals surface area (Å²) in [7, 11) is 2.15. The molecule has 0 bridgehead atoms. The highest BCUT2D eigenvalue weighted by Gasteiger charge is 2.38. The Morgan fingerprint density at radius 3 is 2.33 bits per heavy atom. The lowest BCUT2D eigenvalue weighted by Crippen LogP contribution is -2.47. The number of amides is 1. The fourth-order valence-electron chi connectivity index (χ4n) is 3.26. The van der Waals surface area contributed by atoms with E-state index < -0.39 is 0 Å². The van der Waals surface area contributed by atoms with Gasteiger partial charge in [-0.05, 0) is 76.5 Å². The van der Waals surface area contributed by atoms with E-state index in [0.717, 1.165) is 49.9 Å². The minimum Gasteiger partial charge on any atom is -0.333 e. The van der Waals surface area contributed by atoms with Crippen molar-refractivity contribution in [1.82, 2.24) is 9.80 Å². The highest BCUT2D eigenvalue weighted by molar-refractivity contribution is 6.31. The number of nitrogens with zero attached hydrogens (tertiary/aromatic N) is 2. The molecule has 0 spiro atoms. The van der Waals surface area contributed by atoms with Crippen molar-refractivity contribution in [3.63, 3.8) is 0 Å². The first-order valence-electron chi connectivity index (χ1n) is 7.83. The Balaban J connectivity index is 1.81. The van der Waals surface area contributed by atoms with Gasteiger partial charge in [0.1, 0.15) is 0 Å². The van der Waals surface area contributed by atoms with Crippen LogP contribution in [0, 0.1) is 6.92 Å². The molecule has 1 heterocycles. The molecule has 1 amide bonds. The van der Waals surface area contributed by atoms with Gasteiger partial charge in [0, 0.05) is 22.7 Å². The molecule has 1 aliphatic heterocycles. The summed E-state index contributed by atoms with van der Waals surface area (Å²) >= 11 is 6.12. The standard InChI is InChI=1S/C17H23ClN2O/c1-12-9-13(11-14(18)10-12)17(21)20(15-3-4-15)16-5-7-19(2)8-6-16/h9-11,15-16H,3-8H2,1-2H3. The van der Waals surface area contributed by atoms with Crippen LogP contribution in [0.1, 0.15) is 41.6 Å². The third-order valence-electron chi connectivity index (χ3n) is 4.55. The SMILES string of the molecule is Cc1cc(Cl)cc(C(=O)N(C2CC2)C2CCN(C)CC2)c1. The van der Waals surface area contributed by atoms with Crippen LogP contribution in [0.5, 0.6) is 0 Å². The Hall–Kier alpha value is -1.06. The third-order valence-corrected chi connectivity index (χ3v) is 4.76. The lowest BCUT2D eigenvalue weighted by molar-refractivity contribution is 0.0569. The van der Waals surface area contributed by atoms with E-state index in [9.17, 15) is 4.79 Å². The average Bonchev–Trinajstić information content (AvgIpc) is 3.24. The van der Waals surface area contributed by atoms with E-state index in [0.29, 0.717) is 17.1 Å². The summed E-state index contributed by atoms with van der Waals surface area (Å²) in [4.78, 5) is 17.5. The summed E-state index contributed by atoms with van der Waals surface area (Å²) in [5, 5.41) is 0.650. The summed E-state index contributed by atoms with van der Waals surface area (Å²) in [6, 6.07) is 6.50. The Morgan fingerprint density at radius 2 is 1.76 bits per heavy atom. The average molecular weight is 307 g/mol. The second kappa shape index (κ2) is 5.98. The highest BCUT2D eigenvalue weighted by atomic mass is 35.5. The number of likely N-dealkylation sites (tertiary alicyclic amines) is 1. The first-order valence-corrected chi connectivity index (χ1v) is 8.21. The molecular weight excluding hydrogens is 284 g/mol. The number of halogens is 1. The van der Waals surface area contributed by atoms with E-state index in [-0.39, 0.29) is 5.91 Å². The molecule has 2 aliphatic rings. The van der Waals surface area contributed by atoms with Gasteiger partial charge >= 0.3 is 0 Å². The van der Waals surface area contributed by atoms with E-state index in [1.54, 1.807) is 6.07 Å². The third kappa shape index (κ3) is 3.41. The van der Waals surface area contributed by atoms with E-state index in [1.165, 1.54) is 0 Å². The molecule has 3 rings (SSSR count). The molecule has 0 N–H and O–H groups in total. The fourth-order valence-corrected chi connectivity index (χ4v) is 3.55. The van der Waals surface area contributed by atoms with Crippen LogP contribution in [0.15, 0.2) is 18.2 Å². The molecule has 1 saturated heterocycles. The lowest BCUT2D eigenvalue weighted by atomic mass is 10.0. The van der Waals surface area contributed by atoms with Crippen LogP contribution in [0.25, 0.3) is 0 Å². The van der Waals surface area contributed by atoms with Crippen molar-refractivity contribution in [3.8, 4) is 0 Å². The number of rotatable bonds is 3. The molecule has 114 valence electrons. The van der Waals surface area contributed by atoms with Crippen LogP contribution in [-0.4, -0.2) is 47.9 Å². The highest BCUT2D eigenvalue weighted by Crippen LogP contribution is 2.33. The number of carbonyl (C=O) groups excluding carboxylic acids is 1. The molecular formula is C17H23ClN2O. The molecule has 0 atom stereocenters. The molecule has 21 heavy (non-hydrogen) atoms. The molecule has 2 fully saturated rings. The fraction of sp³-hybridized carbons (Fsp3) is 0.588. The van der Waals surface area contributed by atoms with Crippen LogP contribution in [0.2, 0.25) is 5.02 Å². The Labute approximate surface area is 131 Å². The molecule has 1 saturated carbocycles. The van der Waals surface area contributed by atoms with Crippen LogP contribution in [-0.2, 0) is 0 Å². The molecule has 0 aromatic heterocycles. The first kappa shape index (κ1) is 14.9. The van der Waals surface area contributed by atoms with Crippen LogP contribution in [0.4, 0.5) is 0 Å². The molecule has 1 aliphatic carbocycles. The smallest absolute Gasteiger partial charge is 0.254 e. The van der Waals surface area contributed by atoms with Gasteiger partial charge in [0.05, 0.1) is 0 Å². The Kier molecular flexibility index (Phi) is 4.23. The Bertz CT molecular complexity index is 513. The minimum absolute atomic E-state index is 0.164. The number of piperidine rings is 1. The largest absolute Gasteiger partial charge is 0.333 e. The monoisotopic (exact) mass is 306 g/mol. The van der Waals surface area contributed by atoms with Crippen molar-refractivity contribution in [3.05, 3.63) is 34.3 Å². The van der Waals surface area contributed by atoms with Gasteiger partial charge in [-0.15, -0.1) is 0 Å². The van der Waals surface area contributed by atoms with Crippen molar-refractivity contribution in [2.75, 3.05) is 20.1 Å². The summed E-state index contributed by atoms with van der Waals surface area (Å²) in [5.74, 6) is 0.164. The quantitative estimate of drug-likeness (QED) is 0.855. The normalized spacial score (nSPS) is 20.5. The predicted octanol–water partition coefficient (Wildman–Crippen LogP) is 3.35. The summed E-state index contributed by atoms with van der Waals surface area (Å²) in [5.41, 5.74) is 1.79. The molecule has 1 aromatic carbocycles. The minimum atomic E-state index is 0.164. The van der Waals surface area contributed by atoms with Crippen LogP contribution >= 0.6 is 11.6 Å². The zero-order valence-electron chi connectivity index (χ0n) is 12.8. The van der Waals surface area contributed by atoms with Crippen molar-refractivity contribution in [2.24, 2.45) is 0 Å². The second-order valence-electron chi connectivity index (χ2n) is 6.50. The van der Waals surface area contributed by atoms with Gasteiger partial charge in [-0.25, -0.2) is 0 Å². The van der Waals surface area contributed by atoms with E-state index in [4.69, 9.17) is 11.6 Å². The molecule has 3 nitrogen and oxygen atoms in total. The van der Waals surface area contributed by atoms with Crippen LogP contribution < -0.4 is 0 Å². The number of aryl methyl sites for hydroxylation is 1. The van der Waals surface area contributed by atoms with E-state index in [1.807, 2.05) is 19.1 Å². The number of benzene rings is 1. The number of hydrogen-bond donors (Lipinski definition) is 0. The second-order valence-corrected chi connectivity index (χ2v) is 6.93. The summed E-state index contributed by atoms with van der Waals surface area (Å²) < 4.78 is 0. The zero-order chi connectivity index (χ0) is 15.0. The van der Waals surface area contributed by atoms with E-state index >= 15 is 0 Å². The van der Waals surface area contributed by atoms with Crippen molar-refractivity contribution in [2.45, 2.75) is 44.7 Å². The van der Waals surface area contributed by atoms with Gasteiger partial charge in [0.2, 0.25) is 0 Å².